The van der Waals surface area contributed by atoms with E-state index in [9.17, 15) is 19.7 Å². The van der Waals surface area contributed by atoms with Crippen LogP contribution >= 0.6 is 43.6 Å². The number of nitro benzene ring substituents is 1. The van der Waals surface area contributed by atoms with Gasteiger partial charge in [-0.2, -0.15) is 0 Å². The highest BCUT2D eigenvalue weighted by Gasteiger charge is 2.38. The maximum Gasteiger partial charge on any atom is 0.280 e. The topological polar surface area (TPSA) is 102 Å². The molecule has 178 valence electrons. The lowest BCUT2D eigenvalue weighted by Crippen LogP contribution is -2.46. The summed E-state index contributed by atoms with van der Waals surface area (Å²) in [6.07, 6.45) is 1.78. The molecule has 3 aromatic carbocycles. The Balaban J connectivity index is 1.52. The van der Waals surface area contributed by atoms with Crippen molar-refractivity contribution >= 4 is 67.2 Å². The standard InChI is InChI=1S/C24H17Br2N3O5S/c25-17-5-1-3-15(11-17)12-21-23(31)28(24(35-21)16-4-2-6-18(26)13-16)27-22(30)14-34-20-9-7-19(8-10-20)29(32)33/h1-13,24H,14H2,(H,27,30)/b21-12+. The minimum atomic E-state index is -0.541. The molecule has 0 aromatic heterocycles. The molecule has 1 aliphatic heterocycles. The first-order chi connectivity index (χ1) is 16.8. The summed E-state index contributed by atoms with van der Waals surface area (Å²) in [6.45, 7) is -0.373. The van der Waals surface area contributed by atoms with Gasteiger partial charge in [0, 0.05) is 21.1 Å². The number of rotatable bonds is 7. The molecule has 35 heavy (non-hydrogen) atoms. The second-order valence-electron chi connectivity index (χ2n) is 7.34. The number of thioether (sulfide) groups is 1. The predicted octanol–water partition coefficient (Wildman–Crippen LogP) is 5.85. The van der Waals surface area contributed by atoms with Gasteiger partial charge in [-0.05, 0) is 53.6 Å². The summed E-state index contributed by atoms with van der Waals surface area (Å²) in [5.41, 5.74) is 4.24. The molecule has 1 fully saturated rings. The predicted molar refractivity (Wildman–Crippen MR) is 140 cm³/mol. The van der Waals surface area contributed by atoms with Crippen molar-refractivity contribution in [2.24, 2.45) is 0 Å². The number of hydrogen-bond acceptors (Lipinski definition) is 6. The normalized spacial score (nSPS) is 16.4. The first-order valence-corrected chi connectivity index (χ1v) is 12.7. The summed E-state index contributed by atoms with van der Waals surface area (Å²) in [7, 11) is 0. The molecule has 8 nitrogen and oxygen atoms in total. The largest absolute Gasteiger partial charge is 0.484 e. The Kier molecular flexibility index (Phi) is 7.89. The Labute approximate surface area is 221 Å². The van der Waals surface area contributed by atoms with E-state index in [4.69, 9.17) is 4.74 Å². The third-order valence-electron chi connectivity index (χ3n) is 4.85. The third kappa shape index (κ3) is 6.30. The van der Waals surface area contributed by atoms with Crippen molar-refractivity contribution < 1.29 is 19.2 Å². The number of carbonyl (C=O) groups excluding carboxylic acids is 2. The van der Waals surface area contributed by atoms with Crippen LogP contribution in [-0.2, 0) is 9.59 Å². The number of hydrazine groups is 1. The van der Waals surface area contributed by atoms with Crippen LogP contribution in [0.25, 0.3) is 6.08 Å². The lowest BCUT2D eigenvalue weighted by atomic mass is 10.2. The highest BCUT2D eigenvalue weighted by atomic mass is 79.9. The van der Waals surface area contributed by atoms with Crippen LogP contribution in [0.1, 0.15) is 16.5 Å². The van der Waals surface area contributed by atoms with Crippen molar-refractivity contribution in [2.45, 2.75) is 5.37 Å². The van der Waals surface area contributed by atoms with Gasteiger partial charge >= 0.3 is 0 Å². The smallest absolute Gasteiger partial charge is 0.280 e. The van der Waals surface area contributed by atoms with Gasteiger partial charge in [-0.15, -0.1) is 0 Å². The molecule has 1 aliphatic rings. The van der Waals surface area contributed by atoms with E-state index in [2.05, 4.69) is 37.3 Å². The average Bonchev–Trinajstić information content (AvgIpc) is 3.13. The molecule has 0 saturated carbocycles. The lowest BCUT2D eigenvalue weighted by Gasteiger charge is -2.24. The lowest BCUT2D eigenvalue weighted by molar-refractivity contribution is -0.384. The molecule has 1 unspecified atom stereocenters. The Hall–Kier alpha value is -3.15. The number of hydrogen-bond donors (Lipinski definition) is 1. The molecule has 3 aromatic rings. The van der Waals surface area contributed by atoms with Crippen LogP contribution in [-0.4, -0.2) is 28.4 Å². The fourth-order valence-electron chi connectivity index (χ4n) is 3.26. The summed E-state index contributed by atoms with van der Waals surface area (Å²) in [5, 5.41) is 11.6. The molecule has 1 saturated heterocycles. The van der Waals surface area contributed by atoms with Crippen molar-refractivity contribution in [3.05, 3.63) is 108 Å². The van der Waals surface area contributed by atoms with Crippen LogP contribution in [0.2, 0.25) is 0 Å². The molecule has 0 bridgehead atoms. The molecule has 0 aliphatic carbocycles. The average molecular weight is 619 g/mol. The zero-order valence-corrected chi connectivity index (χ0v) is 21.9. The van der Waals surface area contributed by atoms with Gasteiger partial charge in [-0.25, -0.2) is 5.01 Å². The number of halogens is 2. The highest BCUT2D eigenvalue weighted by molar-refractivity contribution is 9.10. The molecule has 4 rings (SSSR count). The zero-order valence-electron chi connectivity index (χ0n) is 17.9. The number of nitro groups is 1. The minimum Gasteiger partial charge on any atom is -0.484 e. The molecule has 2 amide bonds. The molecule has 1 heterocycles. The van der Waals surface area contributed by atoms with Crippen LogP contribution in [0.4, 0.5) is 5.69 Å². The van der Waals surface area contributed by atoms with Gasteiger partial charge < -0.3 is 4.74 Å². The van der Waals surface area contributed by atoms with Crippen LogP contribution < -0.4 is 10.2 Å². The highest BCUT2D eigenvalue weighted by Crippen LogP contribution is 2.45. The van der Waals surface area contributed by atoms with E-state index in [1.807, 2.05) is 48.5 Å². The van der Waals surface area contributed by atoms with Gasteiger partial charge in [-0.1, -0.05) is 67.9 Å². The van der Waals surface area contributed by atoms with E-state index in [-0.39, 0.29) is 18.2 Å². The first-order valence-electron chi connectivity index (χ1n) is 10.2. The number of nitrogens with zero attached hydrogens (tertiary/aromatic N) is 2. The number of nitrogens with one attached hydrogen (secondary N) is 1. The third-order valence-corrected chi connectivity index (χ3v) is 7.08. The number of amides is 2. The minimum absolute atomic E-state index is 0.0804. The van der Waals surface area contributed by atoms with Crippen molar-refractivity contribution in [1.82, 2.24) is 10.4 Å². The molecule has 1 atom stereocenters. The second-order valence-corrected chi connectivity index (χ2v) is 10.3. The summed E-state index contributed by atoms with van der Waals surface area (Å²) >= 11 is 8.22. The van der Waals surface area contributed by atoms with Crippen LogP contribution in [0.5, 0.6) is 5.75 Å². The van der Waals surface area contributed by atoms with E-state index in [1.165, 1.54) is 41.0 Å². The molecular weight excluding hydrogens is 602 g/mol. The maximum absolute atomic E-state index is 13.3. The Morgan fingerprint density at radius 1 is 1.09 bits per heavy atom. The fourth-order valence-corrected chi connectivity index (χ4v) is 5.27. The van der Waals surface area contributed by atoms with E-state index < -0.39 is 16.2 Å². The van der Waals surface area contributed by atoms with Crippen LogP contribution in [0, 0.1) is 10.1 Å². The molecule has 1 N–H and O–H groups in total. The van der Waals surface area contributed by atoms with Crippen LogP contribution in [0.15, 0.2) is 86.6 Å². The van der Waals surface area contributed by atoms with Crippen molar-refractivity contribution in [3.8, 4) is 5.75 Å². The van der Waals surface area contributed by atoms with Gasteiger partial charge in [0.05, 0.1) is 9.83 Å². The SMILES string of the molecule is O=C(COc1ccc([N+](=O)[O-])cc1)NN1C(=O)/C(=C\c2cccc(Br)c2)SC1c1cccc(Br)c1. The van der Waals surface area contributed by atoms with Gasteiger partial charge in [0.25, 0.3) is 17.5 Å². The van der Waals surface area contributed by atoms with E-state index in [0.717, 1.165) is 20.1 Å². The van der Waals surface area contributed by atoms with Crippen molar-refractivity contribution in [3.63, 3.8) is 0 Å². The molecular formula is C24H17Br2N3O5S. The number of ether oxygens (including phenoxy) is 1. The van der Waals surface area contributed by atoms with Crippen molar-refractivity contribution in [1.29, 1.82) is 0 Å². The Morgan fingerprint density at radius 3 is 2.43 bits per heavy atom. The molecule has 0 spiro atoms. The Morgan fingerprint density at radius 2 is 1.77 bits per heavy atom. The van der Waals surface area contributed by atoms with E-state index in [0.29, 0.717) is 10.7 Å². The fraction of sp³-hybridized carbons (Fsp3) is 0.0833. The summed E-state index contributed by atoms with van der Waals surface area (Å²) in [6, 6.07) is 20.5. The van der Waals surface area contributed by atoms with Crippen LogP contribution in [0.3, 0.4) is 0 Å². The van der Waals surface area contributed by atoms with E-state index >= 15 is 0 Å². The monoisotopic (exact) mass is 617 g/mol. The van der Waals surface area contributed by atoms with Gasteiger partial charge in [0.2, 0.25) is 0 Å². The zero-order chi connectivity index (χ0) is 24.9. The second kappa shape index (κ2) is 11.1. The quantitative estimate of drug-likeness (QED) is 0.203. The van der Waals surface area contributed by atoms with Gasteiger partial charge in [0.15, 0.2) is 6.61 Å². The summed E-state index contributed by atoms with van der Waals surface area (Å²) < 4.78 is 7.17. The van der Waals surface area contributed by atoms with Gasteiger partial charge in [0.1, 0.15) is 11.1 Å². The van der Waals surface area contributed by atoms with E-state index in [1.54, 1.807) is 6.08 Å². The Bertz CT molecular complexity index is 1320. The number of non-ortho nitro benzene ring substituents is 1. The number of carbonyl (C=O) groups is 2. The van der Waals surface area contributed by atoms with Gasteiger partial charge in [-0.3, -0.25) is 25.1 Å². The summed E-state index contributed by atoms with van der Waals surface area (Å²) in [5.74, 6) is -0.587. The summed E-state index contributed by atoms with van der Waals surface area (Å²) in [4.78, 5) is 36.7. The van der Waals surface area contributed by atoms with Crippen molar-refractivity contribution in [2.75, 3.05) is 6.61 Å². The first kappa shape index (κ1) is 25.0. The molecule has 11 heteroatoms. The maximum atomic E-state index is 13.3. The molecule has 0 radical (unpaired) electrons. The number of benzene rings is 3.